The molecule has 28 heavy (non-hydrogen) atoms. The van der Waals surface area contributed by atoms with Crippen molar-refractivity contribution in [2.24, 2.45) is 0 Å². The van der Waals surface area contributed by atoms with E-state index < -0.39 is 0 Å². The second kappa shape index (κ2) is 8.47. The highest BCUT2D eigenvalue weighted by Crippen LogP contribution is 2.35. The second-order valence-corrected chi connectivity index (χ2v) is 8.37. The van der Waals surface area contributed by atoms with Crippen molar-refractivity contribution in [1.82, 2.24) is 15.2 Å². The molecule has 0 aliphatic carbocycles. The van der Waals surface area contributed by atoms with E-state index in [1.54, 1.807) is 11.3 Å². The highest BCUT2D eigenvalue weighted by molar-refractivity contribution is 7.22. The summed E-state index contributed by atoms with van der Waals surface area (Å²) in [5, 5.41) is 4.82. The van der Waals surface area contributed by atoms with Gasteiger partial charge in [0.2, 0.25) is 0 Å². The van der Waals surface area contributed by atoms with Crippen LogP contribution in [0.5, 0.6) is 0 Å². The lowest BCUT2D eigenvalue weighted by Gasteiger charge is -2.34. The predicted molar refractivity (Wildman–Crippen MR) is 117 cm³/mol. The molecule has 4 rings (SSSR count). The number of benzene rings is 2. The van der Waals surface area contributed by atoms with E-state index in [0.29, 0.717) is 12.1 Å². The smallest absolute Gasteiger partial charge is 0.251 e. The summed E-state index contributed by atoms with van der Waals surface area (Å²) in [4.78, 5) is 21.6. The Bertz CT molecular complexity index is 928. The van der Waals surface area contributed by atoms with Gasteiger partial charge in [-0.1, -0.05) is 47.2 Å². The minimum absolute atomic E-state index is 0.0130. The summed E-state index contributed by atoms with van der Waals surface area (Å²) in [7, 11) is 0. The number of aromatic nitrogens is 1. The van der Waals surface area contributed by atoms with Crippen molar-refractivity contribution in [3.63, 3.8) is 0 Å². The van der Waals surface area contributed by atoms with E-state index in [4.69, 9.17) is 16.6 Å². The van der Waals surface area contributed by atoms with Gasteiger partial charge in [-0.25, -0.2) is 4.98 Å². The van der Waals surface area contributed by atoms with E-state index in [0.717, 1.165) is 58.7 Å². The number of thiazole rings is 1. The fourth-order valence-electron chi connectivity index (χ4n) is 3.41. The highest BCUT2D eigenvalue weighted by Gasteiger charge is 2.20. The first-order chi connectivity index (χ1) is 13.6. The lowest BCUT2D eigenvalue weighted by molar-refractivity contribution is 0.0948. The monoisotopic (exact) mass is 414 g/mol. The molecular formula is C21H23ClN4OS. The Kier molecular flexibility index (Phi) is 5.80. The van der Waals surface area contributed by atoms with Crippen molar-refractivity contribution in [1.29, 1.82) is 0 Å². The van der Waals surface area contributed by atoms with Gasteiger partial charge in [0.05, 0.1) is 15.2 Å². The minimum atomic E-state index is -0.0130. The lowest BCUT2D eigenvalue weighted by atomic mass is 10.2. The molecule has 1 saturated heterocycles. The Labute approximate surface area is 173 Å². The topological polar surface area (TPSA) is 48.5 Å². The molecule has 0 unspecified atom stereocenters. The van der Waals surface area contributed by atoms with Crippen molar-refractivity contribution in [2.45, 2.75) is 6.92 Å². The summed E-state index contributed by atoms with van der Waals surface area (Å²) in [5.74, 6) is -0.0130. The standard InChI is InChI=1S/C21H23ClN4OS/c1-15-7-8-17(22)19-18(15)24-21(28-19)26-13-11-25(12-14-26)10-9-23-20(27)16-5-3-2-4-6-16/h2-8H,9-14H2,1H3,(H,23,27). The van der Waals surface area contributed by atoms with Crippen LogP contribution in [0.3, 0.4) is 0 Å². The largest absolute Gasteiger partial charge is 0.351 e. The number of nitrogens with one attached hydrogen (secondary N) is 1. The summed E-state index contributed by atoms with van der Waals surface area (Å²) in [6.07, 6.45) is 0. The molecule has 0 bridgehead atoms. The number of halogens is 1. The third kappa shape index (κ3) is 4.14. The SMILES string of the molecule is Cc1ccc(Cl)c2sc(N3CCN(CCNC(=O)c4ccccc4)CC3)nc12. The van der Waals surface area contributed by atoms with Crippen LogP contribution in [0.4, 0.5) is 5.13 Å². The van der Waals surface area contributed by atoms with Gasteiger partial charge in [0.25, 0.3) is 5.91 Å². The molecule has 1 aliphatic rings. The van der Waals surface area contributed by atoms with Crippen molar-refractivity contribution < 1.29 is 4.79 Å². The fourth-order valence-corrected chi connectivity index (χ4v) is 4.78. The van der Waals surface area contributed by atoms with E-state index in [2.05, 4.69) is 22.0 Å². The van der Waals surface area contributed by atoms with E-state index in [1.807, 2.05) is 42.5 Å². The van der Waals surface area contributed by atoms with Gasteiger partial charge < -0.3 is 10.2 Å². The Morgan fingerprint density at radius 2 is 1.89 bits per heavy atom. The highest BCUT2D eigenvalue weighted by atomic mass is 35.5. The molecule has 1 amide bonds. The third-order valence-electron chi connectivity index (χ3n) is 5.08. The molecule has 0 spiro atoms. The quantitative estimate of drug-likeness (QED) is 0.689. The molecule has 1 N–H and O–H groups in total. The summed E-state index contributed by atoms with van der Waals surface area (Å²) in [6, 6.07) is 13.3. The zero-order valence-corrected chi connectivity index (χ0v) is 17.4. The van der Waals surface area contributed by atoms with Crippen molar-refractivity contribution in [3.05, 3.63) is 58.6 Å². The normalized spacial score (nSPS) is 15.1. The molecule has 7 heteroatoms. The number of rotatable bonds is 5. The van der Waals surface area contributed by atoms with Gasteiger partial charge in [0.15, 0.2) is 5.13 Å². The first kappa shape index (κ1) is 19.2. The van der Waals surface area contributed by atoms with Gasteiger partial charge in [-0.2, -0.15) is 0 Å². The fraction of sp³-hybridized carbons (Fsp3) is 0.333. The van der Waals surface area contributed by atoms with E-state index in [9.17, 15) is 4.79 Å². The van der Waals surface area contributed by atoms with Gasteiger partial charge in [0, 0.05) is 44.8 Å². The first-order valence-electron chi connectivity index (χ1n) is 9.48. The lowest BCUT2D eigenvalue weighted by Crippen LogP contribution is -2.48. The summed E-state index contributed by atoms with van der Waals surface area (Å²) < 4.78 is 1.07. The maximum Gasteiger partial charge on any atom is 0.251 e. The Morgan fingerprint density at radius 3 is 2.61 bits per heavy atom. The van der Waals surface area contributed by atoms with Gasteiger partial charge in [-0.3, -0.25) is 9.69 Å². The third-order valence-corrected chi connectivity index (χ3v) is 6.65. The minimum Gasteiger partial charge on any atom is -0.351 e. The van der Waals surface area contributed by atoms with E-state index >= 15 is 0 Å². The molecule has 3 aromatic rings. The molecule has 0 saturated carbocycles. The molecule has 146 valence electrons. The second-order valence-electron chi connectivity index (χ2n) is 6.99. The first-order valence-corrected chi connectivity index (χ1v) is 10.7. The maximum atomic E-state index is 12.1. The molecule has 1 fully saturated rings. The molecule has 1 aliphatic heterocycles. The van der Waals surface area contributed by atoms with Crippen LogP contribution in [0, 0.1) is 6.92 Å². The number of hydrogen-bond acceptors (Lipinski definition) is 5. The summed E-state index contributed by atoms with van der Waals surface area (Å²) in [5.41, 5.74) is 2.88. The van der Waals surface area contributed by atoms with Crippen LogP contribution in [0.1, 0.15) is 15.9 Å². The zero-order valence-electron chi connectivity index (χ0n) is 15.8. The molecule has 0 atom stereocenters. The molecule has 2 heterocycles. The van der Waals surface area contributed by atoms with Gasteiger partial charge >= 0.3 is 0 Å². The number of fused-ring (bicyclic) bond motifs is 1. The van der Waals surface area contributed by atoms with Crippen LogP contribution < -0.4 is 10.2 Å². The maximum absolute atomic E-state index is 12.1. The number of piperazine rings is 1. The average molecular weight is 415 g/mol. The summed E-state index contributed by atoms with van der Waals surface area (Å²) >= 11 is 8.01. The van der Waals surface area contributed by atoms with Crippen LogP contribution in [0.25, 0.3) is 10.2 Å². The van der Waals surface area contributed by atoms with E-state index in [-0.39, 0.29) is 5.91 Å². The van der Waals surface area contributed by atoms with Gasteiger partial charge in [-0.05, 0) is 30.7 Å². The Balaban J connectivity index is 1.28. The molecule has 1 aromatic heterocycles. The number of hydrogen-bond donors (Lipinski definition) is 1. The number of amides is 1. The Hall–Kier alpha value is -2.15. The van der Waals surface area contributed by atoms with Crippen LogP contribution >= 0.6 is 22.9 Å². The van der Waals surface area contributed by atoms with Crippen molar-refractivity contribution in [3.8, 4) is 0 Å². The number of carbonyl (C=O) groups is 1. The molecule has 5 nitrogen and oxygen atoms in total. The number of aryl methyl sites for hydroxylation is 1. The average Bonchev–Trinajstić information content (AvgIpc) is 3.19. The van der Waals surface area contributed by atoms with Crippen LogP contribution in [0.2, 0.25) is 5.02 Å². The molecule has 2 aromatic carbocycles. The van der Waals surface area contributed by atoms with Crippen LogP contribution in [0.15, 0.2) is 42.5 Å². The number of nitrogens with zero attached hydrogens (tertiary/aromatic N) is 3. The zero-order chi connectivity index (χ0) is 19.5. The van der Waals surface area contributed by atoms with E-state index in [1.165, 1.54) is 0 Å². The van der Waals surface area contributed by atoms with Crippen molar-refractivity contribution >= 4 is 44.2 Å². The van der Waals surface area contributed by atoms with Gasteiger partial charge in [-0.15, -0.1) is 0 Å². The molecular weight excluding hydrogens is 392 g/mol. The Morgan fingerprint density at radius 1 is 1.14 bits per heavy atom. The molecule has 0 radical (unpaired) electrons. The predicted octanol–water partition coefficient (Wildman–Crippen LogP) is 3.81. The van der Waals surface area contributed by atoms with Crippen molar-refractivity contribution in [2.75, 3.05) is 44.2 Å². The van der Waals surface area contributed by atoms with Gasteiger partial charge in [0.1, 0.15) is 0 Å². The van der Waals surface area contributed by atoms with Crippen LogP contribution in [-0.4, -0.2) is 55.1 Å². The number of anilines is 1. The number of carbonyl (C=O) groups excluding carboxylic acids is 1. The van der Waals surface area contributed by atoms with Crippen LogP contribution in [-0.2, 0) is 0 Å². The summed E-state index contributed by atoms with van der Waals surface area (Å²) in [6.45, 7) is 7.38.